The first-order valence-corrected chi connectivity index (χ1v) is 7.36. The molecule has 1 aliphatic heterocycles. The van der Waals surface area contributed by atoms with Gasteiger partial charge in [0, 0.05) is 19.6 Å². The minimum absolute atomic E-state index is 0.163. The van der Waals surface area contributed by atoms with Gasteiger partial charge >= 0.3 is 5.97 Å². The summed E-state index contributed by atoms with van der Waals surface area (Å²) in [5.74, 6) is -0.892. The molecule has 0 spiro atoms. The molecule has 0 bridgehead atoms. The lowest BCUT2D eigenvalue weighted by molar-refractivity contribution is -0.146. The lowest BCUT2D eigenvalue weighted by atomic mass is 9.87. The molecule has 1 aromatic rings. The maximum absolute atomic E-state index is 11.8. The molecule has 1 aromatic carbocycles. The van der Waals surface area contributed by atoms with Gasteiger partial charge in [0.15, 0.2) is 0 Å². The number of hydrogen-bond donors (Lipinski definition) is 2. The van der Waals surface area contributed by atoms with E-state index < -0.39 is 11.5 Å². The van der Waals surface area contributed by atoms with Gasteiger partial charge in [0.2, 0.25) is 0 Å². The zero-order valence-corrected chi connectivity index (χ0v) is 12.4. The average molecular weight is 293 g/mol. The summed E-state index contributed by atoms with van der Waals surface area (Å²) < 4.78 is 11.1. The van der Waals surface area contributed by atoms with Gasteiger partial charge in [-0.15, -0.1) is 0 Å². The van der Waals surface area contributed by atoms with Crippen LogP contribution in [0, 0.1) is 0 Å². The number of carbonyl (C=O) groups is 1. The van der Waals surface area contributed by atoms with Crippen LogP contribution in [0.5, 0.6) is 0 Å². The second-order valence-electron chi connectivity index (χ2n) is 5.29. The minimum Gasteiger partial charge on any atom is -0.480 e. The van der Waals surface area contributed by atoms with Crippen molar-refractivity contribution >= 4 is 5.97 Å². The fourth-order valence-electron chi connectivity index (χ4n) is 2.69. The summed E-state index contributed by atoms with van der Waals surface area (Å²) >= 11 is 0. The molecule has 0 saturated carbocycles. The van der Waals surface area contributed by atoms with Gasteiger partial charge in [0.1, 0.15) is 5.54 Å². The second kappa shape index (κ2) is 7.54. The largest absolute Gasteiger partial charge is 0.480 e. The van der Waals surface area contributed by atoms with Crippen molar-refractivity contribution in [1.82, 2.24) is 5.32 Å². The van der Waals surface area contributed by atoms with E-state index in [0.29, 0.717) is 19.6 Å². The van der Waals surface area contributed by atoms with Gasteiger partial charge in [0.05, 0.1) is 12.7 Å². The van der Waals surface area contributed by atoms with Crippen molar-refractivity contribution in [2.24, 2.45) is 0 Å². The van der Waals surface area contributed by atoms with Crippen molar-refractivity contribution in [2.45, 2.75) is 30.9 Å². The van der Waals surface area contributed by atoms with Gasteiger partial charge in [-0.2, -0.15) is 0 Å². The number of ether oxygens (including phenoxy) is 2. The van der Waals surface area contributed by atoms with Crippen molar-refractivity contribution in [1.29, 1.82) is 0 Å². The first-order chi connectivity index (χ1) is 10.2. The number of aliphatic carboxylic acids is 1. The third-order valence-electron chi connectivity index (χ3n) is 4.01. The highest BCUT2D eigenvalue weighted by Gasteiger charge is 2.38. The fraction of sp³-hybridized carbons (Fsp3) is 0.562. The number of nitrogens with one attached hydrogen (secondary N) is 1. The molecule has 1 heterocycles. The first-order valence-electron chi connectivity index (χ1n) is 7.36. The van der Waals surface area contributed by atoms with Gasteiger partial charge in [-0.25, -0.2) is 4.79 Å². The predicted octanol–water partition coefficient (Wildman–Crippen LogP) is 1.77. The fourth-order valence-corrected chi connectivity index (χ4v) is 2.69. The Kier molecular flexibility index (Phi) is 5.73. The summed E-state index contributed by atoms with van der Waals surface area (Å²) in [6.45, 7) is 1.71. The lowest BCUT2D eigenvalue weighted by Gasteiger charge is -2.29. The molecule has 2 N–H and O–H groups in total. The molecule has 2 rings (SSSR count). The SMILES string of the molecule is CNC(CCOCC1CCCO1)(C(=O)O)c1ccccc1. The zero-order chi connectivity index (χ0) is 15.1. The van der Waals surface area contributed by atoms with Crippen molar-refractivity contribution in [3.8, 4) is 0 Å². The Morgan fingerprint density at radius 2 is 2.24 bits per heavy atom. The van der Waals surface area contributed by atoms with Gasteiger partial charge in [-0.3, -0.25) is 0 Å². The van der Waals surface area contributed by atoms with Gasteiger partial charge in [-0.05, 0) is 25.5 Å². The van der Waals surface area contributed by atoms with E-state index in [2.05, 4.69) is 5.32 Å². The third-order valence-corrected chi connectivity index (χ3v) is 4.01. The maximum atomic E-state index is 11.8. The van der Waals surface area contributed by atoms with E-state index in [9.17, 15) is 9.90 Å². The molecule has 0 aromatic heterocycles. The van der Waals surface area contributed by atoms with Crippen LogP contribution in [0.25, 0.3) is 0 Å². The smallest absolute Gasteiger partial charge is 0.328 e. The average Bonchev–Trinajstić information content (AvgIpc) is 3.01. The molecule has 0 aliphatic carbocycles. The Hall–Kier alpha value is -1.43. The summed E-state index contributed by atoms with van der Waals surface area (Å²) in [4.78, 5) is 11.8. The van der Waals surface area contributed by atoms with Crippen LogP contribution in [0.3, 0.4) is 0 Å². The molecule has 5 nitrogen and oxygen atoms in total. The molecule has 0 amide bonds. The normalized spacial score (nSPS) is 21.1. The topological polar surface area (TPSA) is 67.8 Å². The van der Waals surface area contributed by atoms with Gasteiger partial charge < -0.3 is 19.9 Å². The van der Waals surface area contributed by atoms with Crippen LogP contribution < -0.4 is 5.32 Å². The predicted molar refractivity (Wildman–Crippen MR) is 79.2 cm³/mol. The molecule has 2 unspecified atom stereocenters. The van der Waals surface area contributed by atoms with Crippen molar-refractivity contribution in [3.05, 3.63) is 35.9 Å². The quantitative estimate of drug-likeness (QED) is 0.715. The summed E-state index contributed by atoms with van der Waals surface area (Å²) in [5, 5.41) is 12.6. The Balaban J connectivity index is 1.95. The van der Waals surface area contributed by atoms with Crippen molar-refractivity contribution in [3.63, 3.8) is 0 Å². The summed E-state index contributed by atoms with van der Waals surface area (Å²) in [6, 6.07) is 9.21. The number of rotatable bonds is 8. The van der Waals surface area contributed by atoms with Crippen LogP contribution in [-0.4, -0.2) is 44.0 Å². The summed E-state index contributed by atoms with van der Waals surface area (Å²) in [5.41, 5.74) is -0.377. The molecule has 0 radical (unpaired) electrons. The van der Waals surface area contributed by atoms with Crippen LogP contribution in [0.2, 0.25) is 0 Å². The Morgan fingerprint density at radius 3 is 2.81 bits per heavy atom. The van der Waals surface area contributed by atoms with Crippen LogP contribution in [0.4, 0.5) is 0 Å². The van der Waals surface area contributed by atoms with E-state index in [-0.39, 0.29) is 6.10 Å². The van der Waals surface area contributed by atoms with Crippen LogP contribution in [-0.2, 0) is 19.8 Å². The zero-order valence-electron chi connectivity index (χ0n) is 12.4. The van der Waals surface area contributed by atoms with E-state index in [4.69, 9.17) is 9.47 Å². The Labute approximate surface area is 125 Å². The number of benzene rings is 1. The van der Waals surface area contributed by atoms with Crippen LogP contribution in [0.15, 0.2) is 30.3 Å². The third kappa shape index (κ3) is 3.81. The molecule has 1 fully saturated rings. The second-order valence-corrected chi connectivity index (χ2v) is 5.29. The lowest BCUT2D eigenvalue weighted by Crippen LogP contribution is -2.48. The maximum Gasteiger partial charge on any atom is 0.328 e. The molecular formula is C16H23NO4. The number of hydrogen-bond acceptors (Lipinski definition) is 4. The highest BCUT2D eigenvalue weighted by atomic mass is 16.5. The van der Waals surface area contributed by atoms with E-state index in [0.717, 1.165) is 25.0 Å². The van der Waals surface area contributed by atoms with Crippen LogP contribution in [0.1, 0.15) is 24.8 Å². The number of likely N-dealkylation sites (N-methyl/N-ethyl adjacent to an activating group) is 1. The van der Waals surface area contributed by atoms with Crippen molar-refractivity contribution in [2.75, 3.05) is 26.9 Å². The van der Waals surface area contributed by atoms with E-state index in [1.807, 2.05) is 30.3 Å². The molecule has 2 atom stereocenters. The molecule has 5 heteroatoms. The molecule has 21 heavy (non-hydrogen) atoms. The number of carboxylic acid groups (broad SMARTS) is 1. The molecule has 116 valence electrons. The molecular weight excluding hydrogens is 270 g/mol. The monoisotopic (exact) mass is 293 g/mol. The Morgan fingerprint density at radius 1 is 1.48 bits per heavy atom. The van der Waals surface area contributed by atoms with Crippen molar-refractivity contribution < 1.29 is 19.4 Å². The molecule has 1 aliphatic rings. The molecule has 1 saturated heterocycles. The minimum atomic E-state index is -1.11. The highest BCUT2D eigenvalue weighted by molar-refractivity contribution is 5.80. The van der Waals surface area contributed by atoms with Crippen LogP contribution >= 0.6 is 0 Å². The summed E-state index contributed by atoms with van der Waals surface area (Å²) in [6.07, 6.45) is 2.63. The first kappa shape index (κ1) is 15.9. The Bertz CT molecular complexity index is 445. The standard InChI is InChI=1S/C16H23NO4/c1-17-16(15(18)19,13-6-3-2-4-7-13)9-11-20-12-14-8-5-10-21-14/h2-4,6-7,14,17H,5,8-12H2,1H3,(H,18,19). The number of carboxylic acids is 1. The van der Waals surface area contributed by atoms with E-state index in [1.165, 1.54) is 0 Å². The van der Waals surface area contributed by atoms with E-state index in [1.54, 1.807) is 7.05 Å². The van der Waals surface area contributed by atoms with Gasteiger partial charge in [-0.1, -0.05) is 30.3 Å². The van der Waals surface area contributed by atoms with E-state index >= 15 is 0 Å². The highest BCUT2D eigenvalue weighted by Crippen LogP contribution is 2.25. The summed E-state index contributed by atoms with van der Waals surface area (Å²) in [7, 11) is 1.67. The van der Waals surface area contributed by atoms with Gasteiger partial charge in [0.25, 0.3) is 0 Å².